The fraction of sp³-hybridized carbons (Fsp3) is 0.385. The molecule has 18 heavy (non-hydrogen) atoms. The minimum atomic E-state index is -1.19. The average molecular weight is 249 g/mol. The predicted molar refractivity (Wildman–Crippen MR) is 65.2 cm³/mol. The zero-order chi connectivity index (χ0) is 13.1. The normalized spacial score (nSPS) is 16.4. The van der Waals surface area contributed by atoms with E-state index < -0.39 is 11.9 Å². The van der Waals surface area contributed by atoms with E-state index in [1.165, 1.54) is 6.07 Å². The zero-order valence-corrected chi connectivity index (χ0v) is 9.85. The lowest BCUT2D eigenvalue weighted by Gasteiger charge is -2.24. The van der Waals surface area contributed by atoms with Gasteiger partial charge in [-0.2, -0.15) is 0 Å². The van der Waals surface area contributed by atoms with Gasteiger partial charge >= 0.3 is 11.9 Å². The van der Waals surface area contributed by atoms with Crippen molar-refractivity contribution in [2.45, 2.75) is 18.8 Å². The smallest absolute Gasteiger partial charge is 0.336 e. The molecule has 1 aliphatic rings. The van der Waals surface area contributed by atoms with Gasteiger partial charge in [0.2, 0.25) is 0 Å². The Bertz CT molecular complexity index is 478. The van der Waals surface area contributed by atoms with Crippen LogP contribution in [0.5, 0.6) is 0 Å². The second-order valence-corrected chi connectivity index (χ2v) is 4.40. The monoisotopic (exact) mass is 249 g/mol. The van der Waals surface area contributed by atoms with Gasteiger partial charge in [-0.3, -0.25) is 0 Å². The Morgan fingerprint density at radius 1 is 1.11 bits per heavy atom. The summed E-state index contributed by atoms with van der Waals surface area (Å²) >= 11 is 0. The first-order chi connectivity index (χ1) is 8.61. The number of piperidine rings is 1. The number of aromatic carboxylic acids is 2. The summed E-state index contributed by atoms with van der Waals surface area (Å²) in [6, 6.07) is 4.69. The van der Waals surface area contributed by atoms with Gasteiger partial charge in [0, 0.05) is 0 Å². The minimum Gasteiger partial charge on any atom is -0.478 e. The molecule has 1 aromatic carbocycles. The van der Waals surface area contributed by atoms with Crippen molar-refractivity contribution in [2.75, 3.05) is 13.1 Å². The molecular formula is C13H15NO4. The van der Waals surface area contributed by atoms with Crippen LogP contribution in [0.2, 0.25) is 0 Å². The number of carboxylic acids is 2. The molecule has 0 atom stereocenters. The molecule has 1 aromatic rings. The van der Waals surface area contributed by atoms with Crippen LogP contribution < -0.4 is 5.32 Å². The largest absolute Gasteiger partial charge is 0.478 e. The molecule has 0 saturated carbocycles. The SMILES string of the molecule is O=C(O)c1cccc(C2CCNCC2)c1C(=O)O. The van der Waals surface area contributed by atoms with Crippen LogP contribution in [0.25, 0.3) is 0 Å². The van der Waals surface area contributed by atoms with Crippen molar-refractivity contribution in [1.29, 1.82) is 0 Å². The van der Waals surface area contributed by atoms with Gasteiger partial charge in [-0.05, 0) is 43.5 Å². The molecule has 0 unspecified atom stereocenters. The van der Waals surface area contributed by atoms with E-state index in [-0.39, 0.29) is 17.0 Å². The van der Waals surface area contributed by atoms with E-state index in [2.05, 4.69) is 5.32 Å². The highest BCUT2D eigenvalue weighted by atomic mass is 16.4. The molecular weight excluding hydrogens is 234 g/mol. The molecule has 1 saturated heterocycles. The Morgan fingerprint density at radius 2 is 1.78 bits per heavy atom. The Hall–Kier alpha value is -1.88. The maximum Gasteiger partial charge on any atom is 0.336 e. The first kappa shape index (κ1) is 12.6. The summed E-state index contributed by atoms with van der Waals surface area (Å²) in [5.74, 6) is -2.23. The van der Waals surface area contributed by atoms with E-state index in [1.807, 2.05) is 0 Å². The van der Waals surface area contributed by atoms with Crippen molar-refractivity contribution in [3.8, 4) is 0 Å². The molecule has 1 aliphatic heterocycles. The Labute approximate surface area is 104 Å². The summed E-state index contributed by atoms with van der Waals surface area (Å²) in [6.07, 6.45) is 1.67. The highest BCUT2D eigenvalue weighted by Crippen LogP contribution is 2.29. The van der Waals surface area contributed by atoms with Crippen molar-refractivity contribution in [3.63, 3.8) is 0 Å². The molecule has 96 valence electrons. The molecule has 3 N–H and O–H groups in total. The van der Waals surface area contributed by atoms with Gasteiger partial charge in [0.25, 0.3) is 0 Å². The van der Waals surface area contributed by atoms with Crippen molar-refractivity contribution < 1.29 is 19.8 Å². The number of nitrogens with one attached hydrogen (secondary N) is 1. The second-order valence-electron chi connectivity index (χ2n) is 4.40. The predicted octanol–water partition coefficient (Wildman–Crippen LogP) is 1.55. The Kier molecular flexibility index (Phi) is 3.62. The van der Waals surface area contributed by atoms with Crippen molar-refractivity contribution in [1.82, 2.24) is 5.32 Å². The van der Waals surface area contributed by atoms with Gasteiger partial charge in [-0.25, -0.2) is 9.59 Å². The lowest BCUT2D eigenvalue weighted by molar-refractivity contribution is 0.0650. The first-order valence-electron chi connectivity index (χ1n) is 5.91. The number of carboxylic acid groups (broad SMARTS) is 2. The summed E-state index contributed by atoms with van der Waals surface area (Å²) in [5, 5.41) is 21.5. The van der Waals surface area contributed by atoms with E-state index in [9.17, 15) is 14.7 Å². The molecule has 1 heterocycles. The molecule has 1 fully saturated rings. The number of rotatable bonds is 3. The third kappa shape index (κ3) is 2.36. The number of hydrogen-bond acceptors (Lipinski definition) is 3. The quantitative estimate of drug-likeness (QED) is 0.756. The van der Waals surface area contributed by atoms with Crippen LogP contribution in [0.4, 0.5) is 0 Å². The molecule has 5 nitrogen and oxygen atoms in total. The van der Waals surface area contributed by atoms with Crippen LogP contribution in [0.3, 0.4) is 0 Å². The summed E-state index contributed by atoms with van der Waals surface area (Å²) in [7, 11) is 0. The highest BCUT2D eigenvalue weighted by Gasteiger charge is 2.25. The molecule has 0 aliphatic carbocycles. The third-order valence-electron chi connectivity index (χ3n) is 3.32. The van der Waals surface area contributed by atoms with E-state index in [4.69, 9.17) is 5.11 Å². The molecule has 0 radical (unpaired) electrons. The second kappa shape index (κ2) is 5.18. The number of benzene rings is 1. The summed E-state index contributed by atoms with van der Waals surface area (Å²) in [6.45, 7) is 1.67. The maximum absolute atomic E-state index is 11.3. The standard InChI is InChI=1S/C13H15NO4/c15-12(16)10-3-1-2-9(11(10)13(17)18)8-4-6-14-7-5-8/h1-3,8,14H,4-7H2,(H,15,16)(H,17,18). The lowest BCUT2D eigenvalue weighted by atomic mass is 9.85. The van der Waals surface area contributed by atoms with Crippen LogP contribution in [-0.2, 0) is 0 Å². The van der Waals surface area contributed by atoms with E-state index in [0.717, 1.165) is 25.9 Å². The molecule has 2 rings (SSSR count). The summed E-state index contributed by atoms with van der Waals surface area (Å²) in [5.41, 5.74) is 0.458. The van der Waals surface area contributed by atoms with Crippen molar-refractivity contribution in [2.24, 2.45) is 0 Å². The molecule has 0 bridgehead atoms. The fourth-order valence-corrected chi connectivity index (χ4v) is 2.46. The van der Waals surface area contributed by atoms with Gasteiger partial charge in [0.05, 0.1) is 11.1 Å². The van der Waals surface area contributed by atoms with Crippen LogP contribution in [0.15, 0.2) is 18.2 Å². The average Bonchev–Trinajstić information content (AvgIpc) is 2.38. The molecule has 0 aromatic heterocycles. The van der Waals surface area contributed by atoms with E-state index in [1.54, 1.807) is 12.1 Å². The van der Waals surface area contributed by atoms with Crippen molar-refractivity contribution >= 4 is 11.9 Å². The van der Waals surface area contributed by atoms with Crippen LogP contribution >= 0.6 is 0 Å². The summed E-state index contributed by atoms with van der Waals surface area (Å²) in [4.78, 5) is 22.4. The highest BCUT2D eigenvalue weighted by molar-refractivity contribution is 6.02. The van der Waals surface area contributed by atoms with Crippen LogP contribution in [0, 0.1) is 0 Å². The van der Waals surface area contributed by atoms with Crippen LogP contribution in [0.1, 0.15) is 45.0 Å². The number of carbonyl (C=O) groups is 2. The van der Waals surface area contributed by atoms with Crippen molar-refractivity contribution in [3.05, 3.63) is 34.9 Å². The third-order valence-corrected chi connectivity index (χ3v) is 3.32. The number of hydrogen-bond donors (Lipinski definition) is 3. The van der Waals surface area contributed by atoms with Gasteiger partial charge in [0.15, 0.2) is 0 Å². The van der Waals surface area contributed by atoms with E-state index in [0.29, 0.717) is 5.56 Å². The van der Waals surface area contributed by atoms with E-state index >= 15 is 0 Å². The Balaban J connectivity index is 2.48. The Morgan fingerprint density at radius 3 is 2.33 bits per heavy atom. The van der Waals surface area contributed by atoms with Gasteiger partial charge in [-0.15, -0.1) is 0 Å². The zero-order valence-electron chi connectivity index (χ0n) is 9.85. The minimum absolute atomic E-state index is 0.0584. The van der Waals surface area contributed by atoms with Gasteiger partial charge in [-0.1, -0.05) is 12.1 Å². The molecule has 5 heteroatoms. The molecule has 0 spiro atoms. The van der Waals surface area contributed by atoms with Gasteiger partial charge < -0.3 is 15.5 Å². The fourth-order valence-electron chi connectivity index (χ4n) is 2.46. The molecule has 0 amide bonds. The summed E-state index contributed by atoms with van der Waals surface area (Å²) < 4.78 is 0. The topological polar surface area (TPSA) is 86.6 Å². The first-order valence-corrected chi connectivity index (χ1v) is 5.91. The maximum atomic E-state index is 11.3. The van der Waals surface area contributed by atoms with Gasteiger partial charge in [0.1, 0.15) is 0 Å². The van der Waals surface area contributed by atoms with Crippen LogP contribution in [-0.4, -0.2) is 35.2 Å². The lowest BCUT2D eigenvalue weighted by Crippen LogP contribution is -2.28.